The van der Waals surface area contributed by atoms with Crippen molar-refractivity contribution in [3.05, 3.63) is 15.6 Å². The van der Waals surface area contributed by atoms with Gasteiger partial charge in [-0.25, -0.2) is 4.98 Å². The molecule has 1 aliphatic heterocycles. The van der Waals surface area contributed by atoms with E-state index in [0.717, 1.165) is 36.4 Å². The minimum absolute atomic E-state index is 0.0306. The van der Waals surface area contributed by atoms with Gasteiger partial charge >= 0.3 is 0 Å². The smallest absolute Gasteiger partial charge is 0.225 e. The lowest BCUT2D eigenvalue weighted by Gasteiger charge is -2.15. The van der Waals surface area contributed by atoms with E-state index in [-0.39, 0.29) is 17.7 Å². The van der Waals surface area contributed by atoms with Gasteiger partial charge in [0, 0.05) is 36.9 Å². The quantitative estimate of drug-likeness (QED) is 0.813. The van der Waals surface area contributed by atoms with Crippen molar-refractivity contribution in [3.63, 3.8) is 0 Å². The maximum absolute atomic E-state index is 12.1. The second-order valence-corrected chi connectivity index (χ2v) is 7.61. The molecule has 1 aliphatic carbocycles. The summed E-state index contributed by atoms with van der Waals surface area (Å²) >= 11 is 1.73. The average molecular weight is 321 g/mol. The number of carbonyl (C=O) groups excluding carboxylic acids is 2. The lowest BCUT2D eigenvalue weighted by molar-refractivity contribution is -0.129. The Kier molecular flexibility index (Phi) is 4.47. The van der Waals surface area contributed by atoms with Crippen molar-refractivity contribution in [2.45, 2.75) is 52.0 Å². The SMILES string of the molecule is Cc1nc(CCCNC(=O)C2CC(=O)N(C3CC3)C2)sc1C. The summed E-state index contributed by atoms with van der Waals surface area (Å²) in [5.41, 5.74) is 1.11. The van der Waals surface area contributed by atoms with Crippen LogP contribution in [0.1, 0.15) is 41.3 Å². The van der Waals surface area contributed by atoms with E-state index >= 15 is 0 Å². The number of hydrogen-bond acceptors (Lipinski definition) is 4. The third-order valence-electron chi connectivity index (χ3n) is 4.46. The highest BCUT2D eigenvalue weighted by molar-refractivity contribution is 7.11. The number of rotatable bonds is 6. The molecule has 0 spiro atoms. The Morgan fingerprint density at radius 1 is 1.41 bits per heavy atom. The van der Waals surface area contributed by atoms with Crippen LogP contribution in [0.5, 0.6) is 0 Å². The molecule has 1 unspecified atom stereocenters. The van der Waals surface area contributed by atoms with Crippen LogP contribution in [0, 0.1) is 19.8 Å². The minimum atomic E-state index is -0.155. The Labute approximate surface area is 135 Å². The molecule has 1 N–H and O–H groups in total. The van der Waals surface area contributed by atoms with Crippen LogP contribution in [0.3, 0.4) is 0 Å². The van der Waals surface area contributed by atoms with Crippen LogP contribution in [0.4, 0.5) is 0 Å². The lowest BCUT2D eigenvalue weighted by Crippen LogP contribution is -2.34. The molecule has 1 aromatic heterocycles. The van der Waals surface area contributed by atoms with Crippen molar-refractivity contribution in [2.75, 3.05) is 13.1 Å². The standard InChI is InChI=1S/C16H23N3O2S/c1-10-11(2)22-14(18-10)4-3-7-17-16(21)12-8-15(20)19(9-12)13-5-6-13/h12-13H,3-9H2,1-2H3,(H,17,21). The molecular formula is C16H23N3O2S. The van der Waals surface area contributed by atoms with Crippen LogP contribution < -0.4 is 5.32 Å². The number of nitrogens with zero attached hydrogens (tertiary/aromatic N) is 2. The van der Waals surface area contributed by atoms with Crippen LogP contribution in [0.2, 0.25) is 0 Å². The summed E-state index contributed by atoms with van der Waals surface area (Å²) in [5, 5.41) is 4.11. The van der Waals surface area contributed by atoms with Crippen molar-refractivity contribution in [1.29, 1.82) is 0 Å². The molecule has 2 aliphatic rings. The lowest BCUT2D eigenvalue weighted by atomic mass is 10.1. The van der Waals surface area contributed by atoms with Crippen LogP contribution in [0.15, 0.2) is 0 Å². The molecule has 1 saturated heterocycles. The van der Waals surface area contributed by atoms with Gasteiger partial charge in [-0.15, -0.1) is 11.3 Å². The summed E-state index contributed by atoms with van der Waals surface area (Å²) in [5.74, 6) is 0.0248. The van der Waals surface area contributed by atoms with Crippen molar-refractivity contribution >= 4 is 23.2 Å². The minimum Gasteiger partial charge on any atom is -0.356 e. The zero-order valence-electron chi connectivity index (χ0n) is 13.2. The van der Waals surface area contributed by atoms with Crippen LogP contribution in [0.25, 0.3) is 0 Å². The van der Waals surface area contributed by atoms with E-state index in [1.807, 2.05) is 11.8 Å². The van der Waals surface area contributed by atoms with Gasteiger partial charge in [-0.3, -0.25) is 9.59 Å². The van der Waals surface area contributed by atoms with Crippen LogP contribution in [-0.4, -0.2) is 40.8 Å². The summed E-state index contributed by atoms with van der Waals surface area (Å²) in [6.45, 7) is 5.38. The largest absolute Gasteiger partial charge is 0.356 e. The van der Waals surface area contributed by atoms with Crippen LogP contribution in [-0.2, 0) is 16.0 Å². The zero-order valence-corrected chi connectivity index (χ0v) is 14.0. The number of aryl methyl sites for hydroxylation is 3. The van der Waals surface area contributed by atoms with Gasteiger partial charge in [0.15, 0.2) is 0 Å². The molecule has 0 bridgehead atoms. The molecule has 2 amide bonds. The molecule has 0 radical (unpaired) electrons. The van der Waals surface area contributed by atoms with E-state index in [1.54, 1.807) is 11.3 Å². The van der Waals surface area contributed by atoms with E-state index < -0.39 is 0 Å². The highest BCUT2D eigenvalue weighted by atomic mass is 32.1. The maximum Gasteiger partial charge on any atom is 0.225 e. The van der Waals surface area contributed by atoms with Gasteiger partial charge in [0.25, 0.3) is 0 Å². The van der Waals surface area contributed by atoms with Crippen molar-refractivity contribution in [3.8, 4) is 0 Å². The average Bonchev–Trinajstić information content (AvgIpc) is 3.17. The number of hydrogen-bond donors (Lipinski definition) is 1. The monoisotopic (exact) mass is 321 g/mol. The molecule has 2 heterocycles. The van der Waals surface area contributed by atoms with Gasteiger partial charge in [-0.1, -0.05) is 0 Å². The first-order valence-electron chi connectivity index (χ1n) is 8.04. The fraction of sp³-hybridized carbons (Fsp3) is 0.688. The molecule has 6 heteroatoms. The fourth-order valence-electron chi connectivity index (χ4n) is 2.89. The van der Waals surface area contributed by atoms with Crippen molar-refractivity contribution in [1.82, 2.24) is 15.2 Å². The normalized spacial score (nSPS) is 21.5. The third-order valence-corrected chi connectivity index (χ3v) is 5.59. The molecular weight excluding hydrogens is 298 g/mol. The molecule has 1 saturated carbocycles. The second-order valence-electron chi connectivity index (χ2n) is 6.32. The topological polar surface area (TPSA) is 62.3 Å². The molecule has 1 atom stereocenters. The van der Waals surface area contributed by atoms with Gasteiger partial charge in [0.1, 0.15) is 0 Å². The van der Waals surface area contributed by atoms with Gasteiger partial charge in [0.2, 0.25) is 11.8 Å². The Morgan fingerprint density at radius 3 is 2.82 bits per heavy atom. The molecule has 2 fully saturated rings. The highest BCUT2D eigenvalue weighted by Gasteiger charge is 2.41. The molecule has 3 rings (SSSR count). The number of likely N-dealkylation sites (tertiary alicyclic amines) is 1. The van der Waals surface area contributed by atoms with E-state index in [4.69, 9.17) is 0 Å². The number of thiazole rings is 1. The van der Waals surface area contributed by atoms with Gasteiger partial charge in [0.05, 0.1) is 16.6 Å². The van der Waals surface area contributed by atoms with E-state index in [9.17, 15) is 9.59 Å². The third kappa shape index (κ3) is 3.48. The van der Waals surface area contributed by atoms with Gasteiger partial charge in [-0.05, 0) is 33.1 Å². The zero-order chi connectivity index (χ0) is 15.7. The Bertz CT molecular complexity index is 560. The van der Waals surface area contributed by atoms with Crippen molar-refractivity contribution < 1.29 is 9.59 Å². The van der Waals surface area contributed by atoms with Gasteiger partial charge < -0.3 is 10.2 Å². The molecule has 5 nitrogen and oxygen atoms in total. The van der Waals surface area contributed by atoms with Crippen molar-refractivity contribution in [2.24, 2.45) is 5.92 Å². The summed E-state index contributed by atoms with van der Waals surface area (Å²) in [6.07, 6.45) is 4.38. The number of nitrogens with one attached hydrogen (secondary N) is 1. The number of carbonyl (C=O) groups is 2. The second kappa shape index (κ2) is 6.36. The fourth-order valence-corrected chi connectivity index (χ4v) is 3.86. The molecule has 0 aromatic carbocycles. The Morgan fingerprint density at radius 2 is 2.18 bits per heavy atom. The predicted octanol–water partition coefficient (Wildman–Crippen LogP) is 1.82. The summed E-state index contributed by atoms with van der Waals surface area (Å²) in [6, 6.07) is 0.418. The first kappa shape index (κ1) is 15.5. The number of aromatic nitrogens is 1. The summed E-state index contributed by atoms with van der Waals surface area (Å²) < 4.78 is 0. The van der Waals surface area contributed by atoms with E-state index in [2.05, 4.69) is 17.2 Å². The van der Waals surface area contributed by atoms with E-state index in [0.29, 0.717) is 25.6 Å². The molecule has 120 valence electrons. The summed E-state index contributed by atoms with van der Waals surface area (Å²) in [4.78, 5) is 31.7. The van der Waals surface area contributed by atoms with E-state index in [1.165, 1.54) is 4.88 Å². The molecule has 22 heavy (non-hydrogen) atoms. The maximum atomic E-state index is 12.1. The molecule has 1 aromatic rings. The summed E-state index contributed by atoms with van der Waals surface area (Å²) in [7, 11) is 0. The van der Waals surface area contributed by atoms with Crippen LogP contribution >= 0.6 is 11.3 Å². The Hall–Kier alpha value is -1.43. The highest BCUT2D eigenvalue weighted by Crippen LogP contribution is 2.32. The predicted molar refractivity (Wildman–Crippen MR) is 85.8 cm³/mol. The Balaban J connectivity index is 1.38. The first-order chi connectivity index (χ1) is 10.5. The van der Waals surface area contributed by atoms with Gasteiger partial charge in [-0.2, -0.15) is 0 Å². The first-order valence-corrected chi connectivity index (χ1v) is 8.86. The number of amides is 2.